The van der Waals surface area contributed by atoms with E-state index in [1.165, 1.54) is 220 Å². The van der Waals surface area contributed by atoms with Gasteiger partial charge in [0.05, 0.1) is 77.2 Å². The van der Waals surface area contributed by atoms with Crippen molar-refractivity contribution in [1.82, 2.24) is 66.9 Å². The van der Waals surface area contributed by atoms with Gasteiger partial charge in [-0.3, -0.25) is 34.9 Å². The molecular weight excluding hydrogens is 1710 g/mol. The topological polar surface area (TPSA) is 125 Å². The highest BCUT2D eigenvalue weighted by molar-refractivity contribution is 6.16. The molecule has 0 unspecified atom stereocenters. The predicted molar refractivity (Wildman–Crippen MR) is 583 cm³/mol. The highest BCUT2D eigenvalue weighted by Gasteiger charge is 2.21. The van der Waals surface area contributed by atoms with Gasteiger partial charge in [-0.05, 0) is 235 Å². The summed E-state index contributed by atoms with van der Waals surface area (Å²) < 4.78 is 16.2. The highest BCUT2D eigenvalue weighted by Crippen LogP contribution is 2.41. The van der Waals surface area contributed by atoms with Gasteiger partial charge in [0, 0.05) is 201 Å². The van der Waals surface area contributed by atoms with Gasteiger partial charge in [-0.25, -0.2) is 0 Å². The Hall–Kier alpha value is -18.3. The van der Waals surface area contributed by atoms with Gasteiger partial charge in [-0.15, -0.1) is 0 Å². The molecule has 0 aliphatic rings. The molecule has 0 saturated heterocycles. The van der Waals surface area contributed by atoms with Crippen LogP contribution in [0.5, 0.6) is 0 Å². The third-order valence-electron chi connectivity index (χ3n) is 26.4. The Bertz CT molecular complexity index is 8800. The Kier molecular flexibility index (Phi) is 23.8. The number of hydrogen-bond donors (Lipinski definition) is 0. The third kappa shape index (κ3) is 16.3. The summed E-state index contributed by atoms with van der Waals surface area (Å²) in [5, 5.41) is 17.3. The molecular formula is C126H98N14. The van der Waals surface area contributed by atoms with E-state index in [0.29, 0.717) is 0 Å². The van der Waals surface area contributed by atoms with Crippen molar-refractivity contribution in [2.45, 2.75) is 48.5 Å². The van der Waals surface area contributed by atoms with E-state index in [0.717, 1.165) is 11.4 Å². The van der Waals surface area contributed by atoms with Crippen LogP contribution in [-0.4, -0.2) is 66.9 Å². The van der Waals surface area contributed by atoms with Crippen LogP contribution in [0.25, 0.3) is 192 Å². The zero-order chi connectivity index (χ0) is 94.7. The van der Waals surface area contributed by atoms with Gasteiger partial charge in [-0.1, -0.05) is 236 Å². The van der Waals surface area contributed by atoms with Gasteiger partial charge in [0.2, 0.25) is 0 Å². The molecule has 28 aromatic rings. The molecule has 0 fully saturated rings. The van der Waals surface area contributed by atoms with Crippen LogP contribution in [-0.2, 0) is 0 Å². The molecule has 0 N–H and O–H groups in total. The lowest BCUT2D eigenvalue weighted by molar-refractivity contribution is 1.16. The zero-order valence-corrected chi connectivity index (χ0v) is 78.7. The minimum absolute atomic E-state index is 1.04. The molecule has 14 heteroatoms. The maximum atomic E-state index is 4.45. The molecule has 0 aliphatic carbocycles. The maximum absolute atomic E-state index is 4.45. The largest absolute Gasteiger partial charge is 0.309 e. The Labute approximate surface area is 810 Å². The monoisotopic (exact) mass is 1810 g/mol. The first-order valence-corrected chi connectivity index (χ1v) is 47.3. The summed E-state index contributed by atoms with van der Waals surface area (Å²) in [6, 6.07) is 137. The Balaban J connectivity index is 0.0000000939. The number of fused-ring (bicyclic) bond motifs is 21. The first-order chi connectivity index (χ1) is 69.0. The van der Waals surface area contributed by atoms with E-state index in [9.17, 15) is 0 Å². The Morgan fingerprint density at radius 1 is 0.164 bits per heavy atom. The van der Waals surface area contributed by atoms with Gasteiger partial charge >= 0.3 is 0 Å². The van der Waals surface area contributed by atoms with Gasteiger partial charge < -0.3 is 32.0 Å². The first-order valence-electron chi connectivity index (χ1n) is 47.3. The van der Waals surface area contributed by atoms with Crippen molar-refractivity contribution in [2.24, 2.45) is 0 Å². The van der Waals surface area contributed by atoms with Crippen LogP contribution in [0, 0.1) is 48.5 Å². The fourth-order valence-corrected chi connectivity index (χ4v) is 20.2. The summed E-state index contributed by atoms with van der Waals surface area (Å²) in [5.41, 5.74) is 33.8. The van der Waals surface area contributed by atoms with E-state index in [-0.39, 0.29) is 0 Å². The molecule has 0 bridgehead atoms. The van der Waals surface area contributed by atoms with Gasteiger partial charge in [-0.2, -0.15) is 0 Å². The van der Waals surface area contributed by atoms with Crippen molar-refractivity contribution < 1.29 is 0 Å². The number of benzene rings is 14. The second-order valence-corrected chi connectivity index (χ2v) is 35.3. The SMILES string of the molecule is Cc1cc2c(cn1)c1ccccc1n2-c1ccccc1.Cc1ccc2c(c1)c1cnccc1n2-c1ccccc1.Cc1ccc2c3cnccc3n(-c3ccccc3)c2c1.Cc1cccc2c1c1cnccc1n2-c1ccccc1.Cc1cccc2c3cnccc3n(-c3ccccc3)c12.Cc1cncc2c3ccccc3n(-c3ccccc3)c12.Cc1nccc2c1c1ccccc1n2-c1ccccc1. The molecule has 0 aliphatic heterocycles. The summed E-state index contributed by atoms with van der Waals surface area (Å²) >= 11 is 0. The molecule has 28 rings (SSSR count). The van der Waals surface area contributed by atoms with Crippen molar-refractivity contribution >= 4 is 153 Å². The molecule has 14 heterocycles. The Morgan fingerprint density at radius 3 is 1.01 bits per heavy atom. The number of nitrogens with zero attached hydrogens (tertiary/aromatic N) is 14. The van der Waals surface area contributed by atoms with E-state index in [1.807, 2.05) is 124 Å². The van der Waals surface area contributed by atoms with Crippen LogP contribution in [0.15, 0.2) is 469 Å². The molecule has 140 heavy (non-hydrogen) atoms. The number of hydrogen-bond acceptors (Lipinski definition) is 7. The van der Waals surface area contributed by atoms with Crippen LogP contribution >= 0.6 is 0 Å². The normalized spacial score (nSPS) is 11.2. The first kappa shape index (κ1) is 87.1. The van der Waals surface area contributed by atoms with Crippen molar-refractivity contribution in [3.8, 4) is 39.8 Å². The fourth-order valence-electron chi connectivity index (χ4n) is 20.2. The number of aryl methyl sites for hydroxylation is 7. The average Bonchev–Trinajstić information content (AvgIpc) is 1.62. The fraction of sp³-hybridized carbons (Fsp3) is 0.0556. The van der Waals surface area contributed by atoms with Gasteiger partial charge in [0.15, 0.2) is 0 Å². The number of pyridine rings is 7. The van der Waals surface area contributed by atoms with E-state index in [1.54, 1.807) is 0 Å². The Morgan fingerprint density at radius 2 is 0.486 bits per heavy atom. The van der Waals surface area contributed by atoms with Gasteiger partial charge in [0.25, 0.3) is 0 Å². The smallest absolute Gasteiger partial charge is 0.0601 e. The molecule has 0 radical (unpaired) electrons. The second kappa shape index (κ2) is 38.2. The average molecular weight is 1810 g/mol. The molecule has 14 nitrogen and oxygen atoms in total. The second-order valence-electron chi connectivity index (χ2n) is 35.3. The van der Waals surface area contributed by atoms with E-state index in [2.05, 4.69) is 460 Å². The zero-order valence-electron chi connectivity index (χ0n) is 78.7. The lowest BCUT2D eigenvalue weighted by Crippen LogP contribution is -1.94. The van der Waals surface area contributed by atoms with Crippen molar-refractivity contribution in [3.63, 3.8) is 0 Å². The lowest BCUT2D eigenvalue weighted by Gasteiger charge is -2.08. The minimum atomic E-state index is 1.04. The van der Waals surface area contributed by atoms with Gasteiger partial charge in [0.1, 0.15) is 0 Å². The predicted octanol–water partition coefficient (Wildman–Crippen LogP) is 31.4. The molecule has 0 spiro atoms. The standard InChI is InChI=1S/7C18H14N2/c1-13-6-5-9-17-18(13)15-12-19-11-10-16(15)20(17)14-7-3-2-4-8-14;1-13-6-5-9-15-16-12-19-11-10-17(16)20(18(13)15)14-7-3-2-4-8-14;1-13-11-19-12-16-15-9-5-6-10-17(15)20(18(13)16)14-7-3-2-4-8-14;1-13-11-18-16(12-19-13)15-9-5-6-10-17(15)20(18)14-7-3-2-4-8-14;1-13-18-15-9-5-6-10-16(15)20(17(18)11-12-19-13)14-7-3-2-4-8-14;1-13-7-8-17-15(11-13)16-12-19-10-9-18(16)20(17)14-5-3-2-4-6-14;1-13-7-8-15-16-12-19-10-9-17(16)20(18(15)11-13)14-5-3-2-4-6-14/h7*2-12H,1H3. The lowest BCUT2D eigenvalue weighted by atomic mass is 10.1. The number of rotatable bonds is 7. The minimum Gasteiger partial charge on any atom is -0.309 e. The van der Waals surface area contributed by atoms with E-state index in [4.69, 9.17) is 0 Å². The third-order valence-corrected chi connectivity index (χ3v) is 26.4. The molecule has 0 atom stereocenters. The molecule has 14 aromatic heterocycles. The summed E-state index contributed by atoms with van der Waals surface area (Å²) in [6.07, 6.45) is 23.0. The summed E-state index contributed by atoms with van der Waals surface area (Å²) in [6.45, 7) is 14.8. The molecule has 14 aromatic carbocycles. The van der Waals surface area contributed by atoms with Crippen molar-refractivity contribution in [2.75, 3.05) is 0 Å². The van der Waals surface area contributed by atoms with Crippen LogP contribution in [0.2, 0.25) is 0 Å². The van der Waals surface area contributed by atoms with E-state index >= 15 is 0 Å². The van der Waals surface area contributed by atoms with Crippen LogP contribution in [0.4, 0.5) is 0 Å². The quantitative estimate of drug-likeness (QED) is 0.156. The number of aromatic nitrogens is 14. The van der Waals surface area contributed by atoms with E-state index < -0.39 is 0 Å². The number of para-hydroxylation sites is 11. The summed E-state index contributed by atoms with van der Waals surface area (Å²) in [5.74, 6) is 0. The van der Waals surface area contributed by atoms with Crippen molar-refractivity contribution in [3.05, 3.63) is 508 Å². The van der Waals surface area contributed by atoms with Crippen molar-refractivity contribution in [1.29, 1.82) is 0 Å². The van der Waals surface area contributed by atoms with Crippen LogP contribution in [0.3, 0.4) is 0 Å². The summed E-state index contributed by atoms with van der Waals surface area (Å²) in [7, 11) is 0. The van der Waals surface area contributed by atoms with Crippen LogP contribution < -0.4 is 0 Å². The summed E-state index contributed by atoms with van der Waals surface area (Å²) in [4.78, 5) is 30.4. The van der Waals surface area contributed by atoms with Crippen LogP contribution in [0.1, 0.15) is 39.2 Å². The highest BCUT2D eigenvalue weighted by atomic mass is 15.0. The molecule has 672 valence electrons. The molecule has 0 amide bonds. The molecule has 0 saturated carbocycles. The maximum Gasteiger partial charge on any atom is 0.0601 e.